The van der Waals surface area contributed by atoms with Crippen LogP contribution < -0.4 is 5.32 Å². The highest BCUT2D eigenvalue weighted by Crippen LogP contribution is 2.34. The highest BCUT2D eigenvalue weighted by Gasteiger charge is 2.39. The van der Waals surface area contributed by atoms with Crippen LogP contribution in [0.3, 0.4) is 0 Å². The molecule has 1 aromatic carbocycles. The van der Waals surface area contributed by atoms with Gasteiger partial charge in [-0.05, 0) is 25.1 Å². The molecule has 0 aliphatic carbocycles. The summed E-state index contributed by atoms with van der Waals surface area (Å²) in [6.45, 7) is 1.36. The van der Waals surface area contributed by atoms with E-state index in [1.54, 1.807) is 31.2 Å². The first kappa shape index (κ1) is 21.1. The van der Waals surface area contributed by atoms with E-state index in [0.29, 0.717) is 10.7 Å². The van der Waals surface area contributed by atoms with E-state index < -0.39 is 28.6 Å². The van der Waals surface area contributed by atoms with Crippen molar-refractivity contribution in [1.29, 1.82) is 0 Å². The van der Waals surface area contributed by atoms with Crippen molar-refractivity contribution in [2.45, 2.75) is 16.9 Å². The molecule has 0 radical (unpaired) electrons. The summed E-state index contributed by atoms with van der Waals surface area (Å²) in [5, 5.41) is 3.03. The zero-order chi connectivity index (χ0) is 18.3. The first-order chi connectivity index (χ1) is 11.1. The number of alkyl halides is 3. The number of carbonyl (C=O) groups is 2. The lowest BCUT2D eigenvalue weighted by Crippen LogP contribution is -2.49. The normalized spacial score (nSPS) is 12.4. The number of nitrogens with one attached hydrogen (secondary N) is 1. The average Bonchev–Trinajstić information content (AvgIpc) is 2.46. The predicted molar refractivity (Wildman–Crippen MR) is 94.9 cm³/mol. The van der Waals surface area contributed by atoms with Gasteiger partial charge in [-0.25, -0.2) is 9.59 Å². The quantitative estimate of drug-likeness (QED) is 0.430. The minimum Gasteiger partial charge on any atom is -0.464 e. The molecule has 0 spiro atoms. The number of esters is 1. The number of ether oxygens (including phenoxy) is 2. The third-order valence-electron chi connectivity index (χ3n) is 2.69. The van der Waals surface area contributed by atoms with Crippen molar-refractivity contribution in [2.75, 3.05) is 25.6 Å². The third kappa shape index (κ3) is 6.91. The fourth-order valence-electron chi connectivity index (χ4n) is 1.66. The van der Waals surface area contributed by atoms with Crippen LogP contribution in [0, 0.1) is 0 Å². The SMILES string of the molecule is CCOC(=O)COC(N(C)C(=O)Nc1cccc(Cl)c1)C(Cl)(Cl)Cl. The number of nitrogens with zero attached hydrogens (tertiary/aromatic N) is 1. The Bertz CT molecular complexity index is 580. The van der Waals surface area contributed by atoms with Crippen LogP contribution in [0.25, 0.3) is 0 Å². The van der Waals surface area contributed by atoms with E-state index in [1.165, 1.54) is 7.05 Å². The van der Waals surface area contributed by atoms with Crippen molar-refractivity contribution < 1.29 is 19.1 Å². The summed E-state index contributed by atoms with van der Waals surface area (Å²) in [5.74, 6) is -0.639. The molecule has 6 nitrogen and oxygen atoms in total. The second-order valence-electron chi connectivity index (χ2n) is 4.56. The van der Waals surface area contributed by atoms with Crippen molar-refractivity contribution >= 4 is 64.1 Å². The Kier molecular flexibility index (Phi) is 8.39. The number of hydrogen-bond donors (Lipinski definition) is 1. The molecule has 0 fully saturated rings. The number of anilines is 1. The van der Waals surface area contributed by atoms with Gasteiger partial charge in [0, 0.05) is 17.8 Å². The summed E-state index contributed by atoms with van der Waals surface area (Å²) in [6.07, 6.45) is -1.31. The van der Waals surface area contributed by atoms with E-state index in [-0.39, 0.29) is 6.61 Å². The molecule has 10 heteroatoms. The number of benzene rings is 1. The molecule has 1 rings (SSSR count). The Morgan fingerprint density at radius 2 is 2.00 bits per heavy atom. The van der Waals surface area contributed by atoms with Gasteiger partial charge < -0.3 is 14.8 Å². The summed E-state index contributed by atoms with van der Waals surface area (Å²) in [7, 11) is 1.36. The predicted octanol–water partition coefficient (Wildman–Crippen LogP) is 4.08. The smallest absolute Gasteiger partial charge is 0.332 e. The van der Waals surface area contributed by atoms with Crippen LogP contribution in [0.15, 0.2) is 24.3 Å². The third-order valence-corrected chi connectivity index (χ3v) is 3.49. The topological polar surface area (TPSA) is 67.9 Å². The van der Waals surface area contributed by atoms with Gasteiger partial charge in [0.1, 0.15) is 6.61 Å². The number of amides is 2. The van der Waals surface area contributed by atoms with Gasteiger partial charge in [-0.15, -0.1) is 0 Å². The van der Waals surface area contributed by atoms with Crippen molar-refractivity contribution in [3.63, 3.8) is 0 Å². The highest BCUT2D eigenvalue weighted by atomic mass is 35.6. The maximum absolute atomic E-state index is 12.3. The van der Waals surface area contributed by atoms with Gasteiger partial charge >= 0.3 is 12.0 Å². The first-order valence-electron chi connectivity index (χ1n) is 6.78. The molecule has 0 saturated heterocycles. The number of rotatable bonds is 6. The molecule has 0 aromatic heterocycles. The molecule has 2 amide bonds. The van der Waals surface area contributed by atoms with E-state index in [4.69, 9.17) is 55.9 Å². The summed E-state index contributed by atoms with van der Waals surface area (Å²) in [6, 6.07) is 5.91. The Balaban J connectivity index is 2.77. The van der Waals surface area contributed by atoms with Gasteiger partial charge in [-0.3, -0.25) is 4.90 Å². The van der Waals surface area contributed by atoms with Crippen LogP contribution in [0.2, 0.25) is 5.02 Å². The summed E-state index contributed by atoms with van der Waals surface area (Å²) in [4.78, 5) is 24.7. The van der Waals surface area contributed by atoms with Gasteiger partial charge in [-0.2, -0.15) is 0 Å². The lowest BCUT2D eigenvalue weighted by Gasteiger charge is -2.32. The monoisotopic (exact) mass is 416 g/mol. The van der Waals surface area contributed by atoms with Gasteiger partial charge in [0.05, 0.1) is 6.61 Å². The molecule has 1 unspecified atom stereocenters. The second kappa shape index (κ2) is 9.53. The largest absolute Gasteiger partial charge is 0.464 e. The molecule has 0 saturated carbocycles. The second-order valence-corrected chi connectivity index (χ2v) is 7.37. The zero-order valence-electron chi connectivity index (χ0n) is 12.9. The molecule has 0 aliphatic heterocycles. The van der Waals surface area contributed by atoms with Crippen LogP contribution in [-0.4, -0.2) is 47.2 Å². The van der Waals surface area contributed by atoms with Crippen LogP contribution >= 0.6 is 46.4 Å². The summed E-state index contributed by atoms with van der Waals surface area (Å²) >= 11 is 23.4. The van der Waals surface area contributed by atoms with E-state index in [9.17, 15) is 9.59 Å². The molecule has 0 aliphatic rings. The lowest BCUT2D eigenvalue weighted by molar-refractivity contribution is -0.153. The molecular formula is C14H16Cl4N2O4. The Labute approximate surface area is 159 Å². The maximum Gasteiger partial charge on any atom is 0.332 e. The van der Waals surface area contributed by atoms with E-state index in [1.807, 2.05) is 0 Å². The molecular weight excluding hydrogens is 402 g/mol. The fraction of sp³-hybridized carbons (Fsp3) is 0.429. The first-order valence-corrected chi connectivity index (χ1v) is 8.29. The molecule has 1 aromatic rings. The van der Waals surface area contributed by atoms with Crippen molar-refractivity contribution in [1.82, 2.24) is 4.90 Å². The van der Waals surface area contributed by atoms with Crippen LogP contribution in [0.5, 0.6) is 0 Å². The Hall–Kier alpha value is -0.920. The van der Waals surface area contributed by atoms with Crippen molar-refractivity contribution in [2.24, 2.45) is 0 Å². The lowest BCUT2D eigenvalue weighted by atomic mass is 10.3. The molecule has 1 N–H and O–H groups in total. The minimum atomic E-state index is -1.98. The molecule has 0 heterocycles. The van der Waals surface area contributed by atoms with Crippen LogP contribution in [0.1, 0.15) is 6.92 Å². The van der Waals surface area contributed by atoms with E-state index in [2.05, 4.69) is 5.32 Å². The number of carbonyl (C=O) groups excluding carboxylic acids is 2. The van der Waals surface area contributed by atoms with Crippen molar-refractivity contribution in [3.05, 3.63) is 29.3 Å². The standard InChI is InChI=1S/C14H16Cl4N2O4/c1-3-23-11(21)8-24-12(14(16,17)18)20(2)13(22)19-10-6-4-5-9(15)7-10/h4-7,12H,3,8H2,1-2H3,(H,19,22). The average molecular weight is 418 g/mol. The van der Waals surface area contributed by atoms with Gasteiger partial charge in [0.2, 0.25) is 3.79 Å². The number of halogens is 4. The highest BCUT2D eigenvalue weighted by molar-refractivity contribution is 6.68. The fourth-order valence-corrected chi connectivity index (χ4v) is 2.48. The molecule has 0 bridgehead atoms. The maximum atomic E-state index is 12.3. The molecule has 24 heavy (non-hydrogen) atoms. The molecule has 1 atom stereocenters. The minimum absolute atomic E-state index is 0.186. The summed E-state index contributed by atoms with van der Waals surface area (Å²) in [5.41, 5.74) is 0.452. The Morgan fingerprint density at radius 1 is 1.33 bits per heavy atom. The van der Waals surface area contributed by atoms with E-state index in [0.717, 1.165) is 4.90 Å². The summed E-state index contributed by atoms with van der Waals surface area (Å²) < 4.78 is 7.98. The number of hydrogen-bond acceptors (Lipinski definition) is 4. The van der Waals surface area contributed by atoms with Crippen molar-refractivity contribution in [3.8, 4) is 0 Å². The van der Waals surface area contributed by atoms with Crippen LogP contribution in [0.4, 0.5) is 10.5 Å². The zero-order valence-corrected chi connectivity index (χ0v) is 15.9. The Morgan fingerprint density at radius 3 is 2.54 bits per heavy atom. The van der Waals surface area contributed by atoms with Gasteiger partial charge in [0.15, 0.2) is 6.23 Å². The van der Waals surface area contributed by atoms with E-state index >= 15 is 0 Å². The van der Waals surface area contributed by atoms with Gasteiger partial charge in [0.25, 0.3) is 0 Å². The number of urea groups is 1. The molecule has 134 valence electrons. The van der Waals surface area contributed by atoms with Crippen LogP contribution in [-0.2, 0) is 14.3 Å². The van der Waals surface area contributed by atoms with Gasteiger partial charge in [-0.1, -0.05) is 52.5 Å².